The average molecular weight is 416 g/mol. The second kappa shape index (κ2) is 10.6. The average Bonchev–Trinajstić information content (AvgIpc) is 3.34. The smallest absolute Gasteiger partial charge is 0.225 e. The predicted octanol–water partition coefficient (Wildman–Crippen LogP) is 2.36. The van der Waals surface area contributed by atoms with Crippen molar-refractivity contribution in [2.75, 3.05) is 52.5 Å². The van der Waals surface area contributed by atoms with Gasteiger partial charge in [0.15, 0.2) is 0 Å². The van der Waals surface area contributed by atoms with Gasteiger partial charge in [-0.3, -0.25) is 9.69 Å². The number of ether oxygens (including phenoxy) is 1. The molecule has 0 aliphatic carbocycles. The van der Waals surface area contributed by atoms with Gasteiger partial charge in [-0.2, -0.15) is 0 Å². The minimum absolute atomic E-state index is 0.0448. The molecular formula is C24H37N3O3. The largest absolute Gasteiger partial charge is 0.491 e. The molecule has 166 valence electrons. The first kappa shape index (κ1) is 21.6. The van der Waals surface area contributed by atoms with E-state index in [9.17, 15) is 4.79 Å². The Morgan fingerprint density at radius 2 is 1.60 bits per heavy atom. The summed E-state index contributed by atoms with van der Waals surface area (Å²) in [6.07, 6.45) is 6.90. The Labute approximate surface area is 180 Å². The Morgan fingerprint density at radius 3 is 2.23 bits per heavy atom. The van der Waals surface area contributed by atoms with Gasteiger partial charge in [0.2, 0.25) is 5.91 Å². The van der Waals surface area contributed by atoms with Crippen LogP contribution in [0.15, 0.2) is 24.3 Å². The zero-order valence-corrected chi connectivity index (χ0v) is 18.2. The van der Waals surface area contributed by atoms with E-state index in [2.05, 4.69) is 26.8 Å². The second-order valence-corrected chi connectivity index (χ2v) is 9.07. The van der Waals surface area contributed by atoms with Gasteiger partial charge in [-0.1, -0.05) is 12.1 Å². The fourth-order valence-corrected chi connectivity index (χ4v) is 5.26. The molecule has 1 amide bonds. The van der Waals surface area contributed by atoms with E-state index >= 15 is 0 Å². The highest BCUT2D eigenvalue weighted by Gasteiger charge is 2.33. The predicted molar refractivity (Wildman–Crippen MR) is 117 cm³/mol. The maximum atomic E-state index is 12.7. The van der Waals surface area contributed by atoms with Crippen molar-refractivity contribution in [3.8, 4) is 5.75 Å². The van der Waals surface area contributed by atoms with E-state index in [-0.39, 0.29) is 12.5 Å². The second-order valence-electron chi connectivity index (χ2n) is 9.07. The fourth-order valence-electron chi connectivity index (χ4n) is 5.26. The van der Waals surface area contributed by atoms with Crippen LogP contribution in [0, 0.1) is 5.92 Å². The summed E-state index contributed by atoms with van der Waals surface area (Å²) in [6.45, 7) is 7.79. The van der Waals surface area contributed by atoms with Crippen LogP contribution < -0.4 is 4.74 Å². The van der Waals surface area contributed by atoms with Crippen LogP contribution in [0.1, 0.15) is 44.1 Å². The molecular weight excluding hydrogens is 378 g/mol. The summed E-state index contributed by atoms with van der Waals surface area (Å²) in [5.41, 5.74) is 1.31. The number of benzene rings is 1. The van der Waals surface area contributed by atoms with Crippen LogP contribution in [-0.4, -0.2) is 84.2 Å². The number of hydrogen-bond acceptors (Lipinski definition) is 5. The highest BCUT2D eigenvalue weighted by molar-refractivity contribution is 5.79. The number of aliphatic hydroxyl groups is 1. The Morgan fingerprint density at radius 1 is 0.933 bits per heavy atom. The van der Waals surface area contributed by atoms with E-state index < -0.39 is 0 Å². The van der Waals surface area contributed by atoms with Crippen LogP contribution in [0.25, 0.3) is 0 Å². The first-order valence-electron chi connectivity index (χ1n) is 11.8. The molecule has 0 aromatic heterocycles. The van der Waals surface area contributed by atoms with E-state index in [1.807, 2.05) is 12.1 Å². The summed E-state index contributed by atoms with van der Waals surface area (Å²) in [5.74, 6) is 1.51. The van der Waals surface area contributed by atoms with Crippen LogP contribution in [0.5, 0.6) is 5.75 Å². The molecule has 4 rings (SSSR count). The molecule has 1 aromatic carbocycles. The molecule has 0 atom stereocenters. The van der Waals surface area contributed by atoms with Gasteiger partial charge in [-0.25, -0.2) is 0 Å². The number of carbonyl (C=O) groups excluding carboxylic acids is 1. The third-order valence-electron chi connectivity index (χ3n) is 7.06. The normalized spacial score (nSPS) is 22.5. The molecule has 0 unspecified atom stereocenters. The molecule has 6 heteroatoms. The number of amides is 1. The van der Waals surface area contributed by atoms with Gasteiger partial charge >= 0.3 is 0 Å². The molecule has 0 saturated carbocycles. The van der Waals surface area contributed by atoms with E-state index in [0.717, 1.165) is 64.4 Å². The van der Waals surface area contributed by atoms with Crippen LogP contribution in [0.3, 0.4) is 0 Å². The summed E-state index contributed by atoms with van der Waals surface area (Å²) >= 11 is 0. The van der Waals surface area contributed by atoms with Crippen molar-refractivity contribution in [1.82, 2.24) is 14.7 Å². The lowest BCUT2D eigenvalue weighted by molar-refractivity contribution is -0.136. The van der Waals surface area contributed by atoms with E-state index in [0.29, 0.717) is 18.6 Å². The van der Waals surface area contributed by atoms with Crippen LogP contribution in [0.4, 0.5) is 0 Å². The van der Waals surface area contributed by atoms with Crippen LogP contribution >= 0.6 is 0 Å². The van der Waals surface area contributed by atoms with Gasteiger partial charge in [0.05, 0.1) is 6.61 Å². The third-order valence-corrected chi connectivity index (χ3v) is 7.06. The van der Waals surface area contributed by atoms with Crippen molar-refractivity contribution in [2.24, 2.45) is 5.92 Å². The molecule has 3 saturated heterocycles. The van der Waals surface area contributed by atoms with Crippen molar-refractivity contribution in [2.45, 2.75) is 51.1 Å². The zero-order chi connectivity index (χ0) is 20.8. The fraction of sp³-hybridized carbons (Fsp3) is 0.708. The van der Waals surface area contributed by atoms with Crippen LogP contribution in [-0.2, 0) is 11.3 Å². The van der Waals surface area contributed by atoms with Gasteiger partial charge in [-0.05, 0) is 82.4 Å². The Bertz CT molecular complexity index is 659. The highest BCUT2D eigenvalue weighted by atomic mass is 16.5. The first-order valence-corrected chi connectivity index (χ1v) is 11.8. The Kier molecular flexibility index (Phi) is 7.63. The molecule has 0 spiro atoms. The van der Waals surface area contributed by atoms with Crippen molar-refractivity contribution in [3.05, 3.63) is 29.8 Å². The van der Waals surface area contributed by atoms with Gasteiger partial charge in [-0.15, -0.1) is 0 Å². The van der Waals surface area contributed by atoms with Crippen molar-refractivity contribution in [1.29, 1.82) is 0 Å². The van der Waals surface area contributed by atoms with E-state index in [1.165, 1.54) is 31.2 Å². The summed E-state index contributed by atoms with van der Waals surface area (Å²) in [5, 5.41) is 8.84. The zero-order valence-electron chi connectivity index (χ0n) is 18.2. The monoisotopic (exact) mass is 415 g/mol. The number of nitrogens with zero attached hydrogens (tertiary/aromatic N) is 3. The summed E-state index contributed by atoms with van der Waals surface area (Å²) < 4.78 is 5.44. The Balaban J connectivity index is 1.17. The lowest BCUT2D eigenvalue weighted by atomic mass is 9.92. The van der Waals surface area contributed by atoms with Crippen molar-refractivity contribution >= 4 is 5.91 Å². The third kappa shape index (κ3) is 5.54. The molecule has 30 heavy (non-hydrogen) atoms. The minimum atomic E-state index is 0.0448. The molecule has 6 nitrogen and oxygen atoms in total. The van der Waals surface area contributed by atoms with Gasteiger partial charge < -0.3 is 19.6 Å². The molecule has 3 aliphatic heterocycles. The SMILES string of the molecule is O=C(C1CCN(C2CCN(Cc3ccc(OCCO)cc3)CC2)CC1)N1CCCC1. The highest BCUT2D eigenvalue weighted by Crippen LogP contribution is 2.27. The summed E-state index contributed by atoms with van der Waals surface area (Å²) in [4.78, 5) is 20.0. The maximum Gasteiger partial charge on any atom is 0.225 e. The maximum absolute atomic E-state index is 12.7. The summed E-state index contributed by atoms with van der Waals surface area (Å²) in [6, 6.07) is 8.91. The quantitative estimate of drug-likeness (QED) is 0.741. The van der Waals surface area contributed by atoms with E-state index in [4.69, 9.17) is 9.84 Å². The molecule has 0 radical (unpaired) electrons. The molecule has 3 heterocycles. The lowest BCUT2D eigenvalue weighted by Crippen LogP contribution is -2.49. The van der Waals surface area contributed by atoms with Gasteiger partial charge in [0.1, 0.15) is 12.4 Å². The number of piperidine rings is 2. The number of aliphatic hydroxyl groups excluding tert-OH is 1. The van der Waals surface area contributed by atoms with Gasteiger partial charge in [0.25, 0.3) is 0 Å². The lowest BCUT2D eigenvalue weighted by Gasteiger charge is -2.42. The number of rotatable bonds is 7. The van der Waals surface area contributed by atoms with Gasteiger partial charge in [0, 0.05) is 31.6 Å². The van der Waals surface area contributed by atoms with Crippen molar-refractivity contribution in [3.63, 3.8) is 0 Å². The molecule has 1 aromatic rings. The topological polar surface area (TPSA) is 56.3 Å². The molecule has 3 fully saturated rings. The number of likely N-dealkylation sites (tertiary alicyclic amines) is 3. The molecule has 3 aliphatic rings. The minimum Gasteiger partial charge on any atom is -0.491 e. The summed E-state index contributed by atoms with van der Waals surface area (Å²) in [7, 11) is 0. The first-order chi connectivity index (χ1) is 14.7. The van der Waals surface area contributed by atoms with Crippen LogP contribution in [0.2, 0.25) is 0 Å². The Hall–Kier alpha value is -1.63. The van der Waals surface area contributed by atoms with E-state index in [1.54, 1.807) is 0 Å². The number of hydrogen-bond donors (Lipinski definition) is 1. The number of carbonyl (C=O) groups is 1. The molecule has 0 bridgehead atoms. The standard InChI is InChI=1S/C24H37N3O3/c28-17-18-30-23-5-3-20(4-6-23)19-25-13-9-22(10-14-25)26-15-7-21(8-16-26)24(29)27-11-1-2-12-27/h3-6,21-22,28H,1-2,7-19H2. The van der Waals surface area contributed by atoms with Crippen molar-refractivity contribution < 1.29 is 14.6 Å². The molecule has 1 N–H and O–H groups in total.